The molecule has 70 valence electrons. The van der Waals surface area contributed by atoms with E-state index in [2.05, 4.69) is 10.3 Å². The van der Waals surface area contributed by atoms with Gasteiger partial charge in [0, 0.05) is 11.7 Å². The van der Waals surface area contributed by atoms with Crippen molar-refractivity contribution in [1.29, 1.82) is 0 Å². The molecule has 0 saturated heterocycles. The van der Waals surface area contributed by atoms with Gasteiger partial charge in [-0.15, -0.1) is 0 Å². The molecular weight excluding hydrogens is 167 g/mol. The third kappa shape index (κ3) is 1.70. The minimum absolute atomic E-state index is 0.169. The smallest absolute Gasteiger partial charge is 0.144 e. The second kappa shape index (κ2) is 3.07. The van der Waals surface area contributed by atoms with Crippen molar-refractivity contribution in [2.45, 2.75) is 24.8 Å². The highest BCUT2D eigenvalue weighted by molar-refractivity contribution is 5.19. The van der Waals surface area contributed by atoms with Crippen molar-refractivity contribution in [1.82, 2.24) is 10.3 Å². The molecule has 1 N–H and O–H groups in total. The van der Waals surface area contributed by atoms with E-state index in [0.29, 0.717) is 0 Å². The minimum Gasteiger partial charge on any atom is -0.314 e. The molecule has 3 heteroatoms. The van der Waals surface area contributed by atoms with E-state index in [1.165, 1.54) is 6.20 Å². The Kier molecular flexibility index (Phi) is 2.04. The number of aromatic nitrogens is 1. The van der Waals surface area contributed by atoms with Crippen LogP contribution in [0.2, 0.25) is 0 Å². The third-order valence-corrected chi connectivity index (χ3v) is 2.77. The third-order valence-electron chi connectivity index (χ3n) is 2.77. The van der Waals surface area contributed by atoms with Crippen LogP contribution in [0.15, 0.2) is 18.5 Å². The van der Waals surface area contributed by atoms with Gasteiger partial charge in [-0.25, -0.2) is 4.39 Å². The van der Waals surface area contributed by atoms with Crippen LogP contribution >= 0.6 is 0 Å². The van der Waals surface area contributed by atoms with E-state index in [9.17, 15) is 4.39 Å². The van der Waals surface area contributed by atoms with Gasteiger partial charge in [0.2, 0.25) is 0 Å². The second-order valence-corrected chi connectivity index (χ2v) is 3.67. The van der Waals surface area contributed by atoms with Crippen LogP contribution in [-0.2, 0) is 6.42 Å². The predicted octanol–water partition coefficient (Wildman–Crippen LogP) is 1.52. The Morgan fingerprint density at radius 2 is 2.38 bits per heavy atom. The van der Waals surface area contributed by atoms with E-state index in [1.807, 2.05) is 7.05 Å². The maximum Gasteiger partial charge on any atom is 0.144 e. The van der Waals surface area contributed by atoms with Gasteiger partial charge in [0.25, 0.3) is 0 Å². The summed E-state index contributed by atoms with van der Waals surface area (Å²) < 4.78 is 13.2. The Bertz CT molecular complexity index is 308. The standard InChI is InChI=1S/C10H13FN2/c1-12-10(3-4-10)6-8-2-5-13-7-9(8)11/h2,5,7,12H,3-4,6H2,1H3. The summed E-state index contributed by atoms with van der Waals surface area (Å²) in [5.41, 5.74) is 0.934. The molecule has 0 bridgehead atoms. The van der Waals surface area contributed by atoms with Gasteiger partial charge in [0.15, 0.2) is 0 Å². The number of likely N-dealkylation sites (N-methyl/N-ethyl adjacent to an activating group) is 1. The van der Waals surface area contributed by atoms with Gasteiger partial charge in [-0.3, -0.25) is 4.98 Å². The summed E-state index contributed by atoms with van der Waals surface area (Å²) in [5.74, 6) is -0.191. The van der Waals surface area contributed by atoms with Gasteiger partial charge >= 0.3 is 0 Å². The first kappa shape index (κ1) is 8.63. The maximum atomic E-state index is 13.2. The molecule has 0 unspecified atom stereocenters. The van der Waals surface area contributed by atoms with Crippen LogP contribution in [0.4, 0.5) is 4.39 Å². The lowest BCUT2D eigenvalue weighted by molar-refractivity contribution is 0.522. The van der Waals surface area contributed by atoms with Crippen LogP contribution in [0.3, 0.4) is 0 Å². The van der Waals surface area contributed by atoms with Crippen molar-refractivity contribution >= 4 is 0 Å². The molecule has 0 aliphatic heterocycles. The quantitative estimate of drug-likeness (QED) is 0.762. The highest BCUT2D eigenvalue weighted by atomic mass is 19.1. The van der Waals surface area contributed by atoms with Crippen LogP contribution in [0, 0.1) is 5.82 Å². The summed E-state index contributed by atoms with van der Waals surface area (Å²) in [6.45, 7) is 0. The van der Waals surface area contributed by atoms with E-state index in [0.717, 1.165) is 24.8 Å². The van der Waals surface area contributed by atoms with Crippen molar-refractivity contribution < 1.29 is 4.39 Å². The normalized spacial score (nSPS) is 18.6. The van der Waals surface area contributed by atoms with E-state index < -0.39 is 0 Å². The Balaban J connectivity index is 2.14. The molecule has 1 heterocycles. The fourth-order valence-corrected chi connectivity index (χ4v) is 1.58. The summed E-state index contributed by atoms with van der Waals surface area (Å²) in [6, 6.07) is 1.76. The maximum absolute atomic E-state index is 13.2. The van der Waals surface area contributed by atoms with Gasteiger partial charge in [-0.05, 0) is 37.9 Å². The van der Waals surface area contributed by atoms with Crippen molar-refractivity contribution in [2.75, 3.05) is 7.05 Å². The zero-order chi connectivity index (χ0) is 9.31. The van der Waals surface area contributed by atoms with E-state index >= 15 is 0 Å². The first-order chi connectivity index (χ1) is 6.26. The van der Waals surface area contributed by atoms with Gasteiger partial charge in [0.1, 0.15) is 5.82 Å². The molecule has 0 atom stereocenters. The number of halogens is 1. The van der Waals surface area contributed by atoms with Crippen LogP contribution in [0.1, 0.15) is 18.4 Å². The van der Waals surface area contributed by atoms with Crippen LogP contribution < -0.4 is 5.32 Å². The molecule has 0 radical (unpaired) electrons. The molecule has 1 aliphatic rings. The number of hydrogen-bond acceptors (Lipinski definition) is 2. The van der Waals surface area contributed by atoms with Crippen molar-refractivity contribution in [3.05, 3.63) is 29.8 Å². The lowest BCUT2D eigenvalue weighted by atomic mass is 10.1. The first-order valence-corrected chi connectivity index (χ1v) is 4.53. The Morgan fingerprint density at radius 1 is 1.62 bits per heavy atom. The topological polar surface area (TPSA) is 24.9 Å². The molecule has 0 aromatic carbocycles. The monoisotopic (exact) mass is 180 g/mol. The van der Waals surface area contributed by atoms with E-state index in [4.69, 9.17) is 0 Å². The molecule has 2 rings (SSSR count). The molecule has 13 heavy (non-hydrogen) atoms. The molecule has 1 aromatic heterocycles. The molecular formula is C10H13FN2. The zero-order valence-electron chi connectivity index (χ0n) is 7.68. The molecule has 0 spiro atoms. The minimum atomic E-state index is -0.191. The second-order valence-electron chi connectivity index (χ2n) is 3.67. The number of hydrogen-bond donors (Lipinski definition) is 1. The van der Waals surface area contributed by atoms with Crippen LogP contribution in [-0.4, -0.2) is 17.6 Å². The molecule has 1 aliphatic carbocycles. The summed E-state index contributed by atoms with van der Waals surface area (Å²) in [6.07, 6.45) is 5.99. The Hall–Kier alpha value is -0.960. The highest BCUT2D eigenvalue weighted by Crippen LogP contribution is 2.38. The largest absolute Gasteiger partial charge is 0.314 e. The molecule has 0 amide bonds. The number of nitrogens with one attached hydrogen (secondary N) is 1. The summed E-state index contributed by atoms with van der Waals surface area (Å²) in [5, 5.41) is 3.24. The van der Waals surface area contributed by atoms with Crippen LogP contribution in [0.5, 0.6) is 0 Å². The van der Waals surface area contributed by atoms with Crippen LogP contribution in [0.25, 0.3) is 0 Å². The first-order valence-electron chi connectivity index (χ1n) is 4.53. The summed E-state index contributed by atoms with van der Waals surface area (Å²) in [7, 11) is 1.94. The average Bonchev–Trinajstić information content (AvgIpc) is 2.90. The Labute approximate surface area is 77.2 Å². The fraction of sp³-hybridized carbons (Fsp3) is 0.500. The molecule has 1 fully saturated rings. The molecule has 2 nitrogen and oxygen atoms in total. The number of pyridine rings is 1. The van der Waals surface area contributed by atoms with Crippen molar-refractivity contribution in [3.8, 4) is 0 Å². The van der Waals surface area contributed by atoms with Gasteiger partial charge in [-0.2, -0.15) is 0 Å². The SMILES string of the molecule is CNC1(Cc2ccncc2F)CC1. The van der Waals surface area contributed by atoms with E-state index in [-0.39, 0.29) is 11.4 Å². The van der Waals surface area contributed by atoms with Crippen molar-refractivity contribution in [2.24, 2.45) is 0 Å². The van der Waals surface area contributed by atoms with Gasteiger partial charge < -0.3 is 5.32 Å². The average molecular weight is 180 g/mol. The summed E-state index contributed by atoms with van der Waals surface area (Å²) >= 11 is 0. The van der Waals surface area contributed by atoms with Crippen molar-refractivity contribution in [3.63, 3.8) is 0 Å². The number of rotatable bonds is 3. The zero-order valence-corrected chi connectivity index (χ0v) is 7.68. The predicted molar refractivity (Wildman–Crippen MR) is 48.9 cm³/mol. The molecule has 1 aromatic rings. The summed E-state index contributed by atoms with van der Waals surface area (Å²) in [4.78, 5) is 3.73. The van der Waals surface area contributed by atoms with E-state index in [1.54, 1.807) is 12.3 Å². The van der Waals surface area contributed by atoms with Gasteiger partial charge in [-0.1, -0.05) is 0 Å². The lowest BCUT2D eigenvalue weighted by Gasteiger charge is -2.13. The molecule has 1 saturated carbocycles. The Morgan fingerprint density at radius 3 is 2.92 bits per heavy atom. The highest BCUT2D eigenvalue weighted by Gasteiger charge is 2.41. The number of nitrogens with zero attached hydrogens (tertiary/aromatic N) is 1. The fourth-order valence-electron chi connectivity index (χ4n) is 1.58. The van der Waals surface area contributed by atoms with Gasteiger partial charge in [0.05, 0.1) is 6.20 Å². The lowest BCUT2D eigenvalue weighted by Crippen LogP contribution is -2.29.